The van der Waals surface area contributed by atoms with Crippen molar-refractivity contribution in [3.8, 4) is 0 Å². The molecule has 1 heterocycles. The van der Waals surface area contributed by atoms with Crippen LogP contribution in [0.5, 0.6) is 0 Å². The minimum Gasteiger partial charge on any atom is -0.291 e. The van der Waals surface area contributed by atoms with Gasteiger partial charge in [0.25, 0.3) is 5.56 Å². The molecule has 1 aromatic carbocycles. The second-order valence-electron chi connectivity index (χ2n) is 3.64. The lowest BCUT2D eigenvalue weighted by atomic mass is 10.2. The molecule has 0 fully saturated rings. The van der Waals surface area contributed by atoms with E-state index in [4.69, 9.17) is 0 Å². The molecule has 17 heavy (non-hydrogen) atoms. The highest BCUT2D eigenvalue weighted by Crippen LogP contribution is 2.16. The Balaban J connectivity index is 2.47. The summed E-state index contributed by atoms with van der Waals surface area (Å²) in [5.41, 5.74) is 1.08. The van der Waals surface area contributed by atoms with Gasteiger partial charge in [-0.1, -0.05) is 34.1 Å². The second kappa shape index (κ2) is 5.30. The third-order valence-electron chi connectivity index (χ3n) is 2.49. The summed E-state index contributed by atoms with van der Waals surface area (Å²) in [6.45, 7) is 2.38. The molecule has 88 valence electrons. The normalized spacial score (nSPS) is 10.5. The fraction of sp³-hybridized carbons (Fsp3) is 0.167. The lowest BCUT2D eigenvalue weighted by molar-refractivity contribution is 0.693. The maximum atomic E-state index is 12.0. The van der Waals surface area contributed by atoms with Gasteiger partial charge in [-0.25, -0.2) is 4.98 Å². The van der Waals surface area contributed by atoms with Crippen LogP contribution in [-0.2, 0) is 6.54 Å². The first-order valence-corrected chi connectivity index (χ1v) is 6.92. The van der Waals surface area contributed by atoms with E-state index in [-0.39, 0.29) is 5.56 Å². The van der Waals surface area contributed by atoms with Crippen molar-refractivity contribution in [2.24, 2.45) is 0 Å². The predicted octanol–water partition coefficient (Wildman–Crippen LogP) is 2.97. The molecule has 0 aliphatic rings. The molecule has 0 radical (unpaired) electrons. The monoisotopic (exact) mass is 404 g/mol. The molecule has 0 bridgehead atoms. The van der Waals surface area contributed by atoms with Crippen LogP contribution in [0.4, 0.5) is 0 Å². The van der Waals surface area contributed by atoms with Crippen LogP contribution in [0.2, 0.25) is 0 Å². The third-order valence-corrected chi connectivity index (χ3v) is 4.00. The molecule has 0 aliphatic heterocycles. The molecule has 2 aromatic rings. The molecule has 0 amide bonds. The highest BCUT2D eigenvalue weighted by Gasteiger charge is 2.07. The van der Waals surface area contributed by atoms with Gasteiger partial charge < -0.3 is 0 Å². The summed E-state index contributed by atoms with van der Waals surface area (Å²) in [5, 5.41) is 0. The minimum atomic E-state index is 0.00820. The maximum Gasteiger partial charge on any atom is 0.267 e. The Bertz CT molecular complexity index is 610. The Morgan fingerprint density at radius 3 is 2.82 bits per heavy atom. The highest BCUT2D eigenvalue weighted by molar-refractivity contribution is 14.1. The van der Waals surface area contributed by atoms with E-state index in [1.165, 1.54) is 0 Å². The Labute approximate surface area is 121 Å². The zero-order valence-electron chi connectivity index (χ0n) is 9.15. The summed E-state index contributed by atoms with van der Waals surface area (Å²) in [5.74, 6) is 0.728. The van der Waals surface area contributed by atoms with Crippen LogP contribution in [0, 0.1) is 10.5 Å². The van der Waals surface area contributed by atoms with E-state index in [2.05, 4.69) is 20.9 Å². The standard InChI is InChI=1S/C12H10BrIN2O/c1-8-15-6-11(14)12(17)16(8)7-9-4-2-3-5-10(9)13/h2-6H,7H2,1H3. The molecule has 0 saturated heterocycles. The van der Waals surface area contributed by atoms with Gasteiger partial charge in [0.2, 0.25) is 0 Å². The van der Waals surface area contributed by atoms with E-state index >= 15 is 0 Å². The van der Waals surface area contributed by atoms with Crippen molar-refractivity contribution in [1.29, 1.82) is 0 Å². The number of rotatable bonds is 2. The highest BCUT2D eigenvalue weighted by atomic mass is 127. The van der Waals surface area contributed by atoms with E-state index in [0.717, 1.165) is 15.9 Å². The van der Waals surface area contributed by atoms with Crippen molar-refractivity contribution in [2.75, 3.05) is 0 Å². The quantitative estimate of drug-likeness (QED) is 0.721. The smallest absolute Gasteiger partial charge is 0.267 e. The van der Waals surface area contributed by atoms with Crippen LogP contribution in [0.1, 0.15) is 11.4 Å². The first-order valence-electron chi connectivity index (χ1n) is 5.05. The SMILES string of the molecule is Cc1ncc(I)c(=O)n1Cc1ccccc1Br. The average Bonchev–Trinajstić information content (AvgIpc) is 2.32. The van der Waals surface area contributed by atoms with Crippen molar-refractivity contribution < 1.29 is 0 Å². The van der Waals surface area contributed by atoms with Crippen LogP contribution in [0.3, 0.4) is 0 Å². The summed E-state index contributed by atoms with van der Waals surface area (Å²) in [4.78, 5) is 16.2. The lowest BCUT2D eigenvalue weighted by Gasteiger charge is -2.10. The molecule has 0 saturated carbocycles. The summed E-state index contributed by atoms with van der Waals surface area (Å²) < 4.78 is 3.33. The molecular formula is C12H10BrIN2O. The van der Waals surface area contributed by atoms with Gasteiger partial charge >= 0.3 is 0 Å². The van der Waals surface area contributed by atoms with Gasteiger partial charge in [0, 0.05) is 10.7 Å². The van der Waals surface area contributed by atoms with Crippen molar-refractivity contribution in [3.05, 3.63) is 60.2 Å². The maximum absolute atomic E-state index is 12.0. The van der Waals surface area contributed by atoms with Gasteiger partial charge in [-0.3, -0.25) is 9.36 Å². The van der Waals surface area contributed by atoms with Crippen LogP contribution in [0.25, 0.3) is 0 Å². The number of aromatic nitrogens is 2. The topological polar surface area (TPSA) is 34.9 Å². The van der Waals surface area contributed by atoms with E-state index in [1.807, 2.05) is 53.8 Å². The fourth-order valence-corrected chi connectivity index (χ4v) is 2.37. The van der Waals surface area contributed by atoms with Gasteiger partial charge in [0.1, 0.15) is 5.82 Å². The van der Waals surface area contributed by atoms with Crippen LogP contribution < -0.4 is 5.56 Å². The summed E-state index contributed by atoms with van der Waals surface area (Å²) in [7, 11) is 0. The molecule has 0 unspecified atom stereocenters. The average molecular weight is 405 g/mol. The second-order valence-corrected chi connectivity index (χ2v) is 5.65. The van der Waals surface area contributed by atoms with Crippen LogP contribution in [-0.4, -0.2) is 9.55 Å². The van der Waals surface area contributed by atoms with Crippen molar-refractivity contribution in [3.63, 3.8) is 0 Å². The molecule has 0 N–H and O–H groups in total. The van der Waals surface area contributed by atoms with E-state index in [9.17, 15) is 4.79 Å². The number of benzene rings is 1. The molecule has 1 aromatic heterocycles. The number of hydrogen-bond donors (Lipinski definition) is 0. The van der Waals surface area contributed by atoms with Crippen LogP contribution >= 0.6 is 38.5 Å². The number of hydrogen-bond acceptors (Lipinski definition) is 2. The Hall–Kier alpha value is -0.690. The lowest BCUT2D eigenvalue weighted by Crippen LogP contribution is -2.26. The summed E-state index contributed by atoms with van der Waals surface area (Å²) >= 11 is 5.49. The first kappa shape index (κ1) is 12.8. The third kappa shape index (κ3) is 2.77. The van der Waals surface area contributed by atoms with Crippen LogP contribution in [0.15, 0.2) is 39.7 Å². The molecule has 0 atom stereocenters. The van der Waals surface area contributed by atoms with Gasteiger partial charge in [-0.15, -0.1) is 0 Å². The Morgan fingerprint density at radius 2 is 2.12 bits per heavy atom. The number of aryl methyl sites for hydroxylation is 1. The van der Waals surface area contributed by atoms with E-state index < -0.39 is 0 Å². The van der Waals surface area contributed by atoms with Gasteiger partial charge in [-0.05, 0) is 41.1 Å². The molecule has 3 nitrogen and oxygen atoms in total. The van der Waals surface area contributed by atoms with Crippen molar-refractivity contribution in [2.45, 2.75) is 13.5 Å². The summed E-state index contributed by atoms with van der Waals surface area (Å²) in [6, 6.07) is 7.88. The largest absolute Gasteiger partial charge is 0.291 e. The zero-order chi connectivity index (χ0) is 12.4. The van der Waals surface area contributed by atoms with Gasteiger partial charge in [-0.2, -0.15) is 0 Å². The Kier molecular flexibility index (Phi) is 3.98. The van der Waals surface area contributed by atoms with E-state index in [0.29, 0.717) is 10.1 Å². The van der Waals surface area contributed by atoms with E-state index in [1.54, 1.807) is 10.8 Å². The van der Waals surface area contributed by atoms with Crippen molar-refractivity contribution in [1.82, 2.24) is 9.55 Å². The Morgan fingerprint density at radius 1 is 1.41 bits per heavy atom. The number of halogens is 2. The molecule has 0 aliphatic carbocycles. The van der Waals surface area contributed by atoms with Gasteiger partial charge in [0.05, 0.1) is 10.1 Å². The van der Waals surface area contributed by atoms with Crippen molar-refractivity contribution >= 4 is 38.5 Å². The minimum absolute atomic E-state index is 0.00820. The van der Waals surface area contributed by atoms with Gasteiger partial charge in [0.15, 0.2) is 0 Å². The fourth-order valence-electron chi connectivity index (χ4n) is 1.53. The molecular weight excluding hydrogens is 395 g/mol. The molecule has 5 heteroatoms. The molecule has 0 spiro atoms. The first-order chi connectivity index (χ1) is 8.09. The molecule has 2 rings (SSSR count). The summed E-state index contributed by atoms with van der Waals surface area (Å²) in [6.07, 6.45) is 1.61. The predicted molar refractivity (Wildman–Crippen MR) is 79.2 cm³/mol. The number of nitrogens with zero attached hydrogens (tertiary/aromatic N) is 2. The zero-order valence-corrected chi connectivity index (χ0v) is 12.9.